The smallest absolute Gasteiger partial charge is 0.493 e. The van der Waals surface area contributed by atoms with Gasteiger partial charge in [0.2, 0.25) is 0 Å². The summed E-state index contributed by atoms with van der Waals surface area (Å²) in [6, 6.07) is 6.12. The van der Waals surface area contributed by atoms with Gasteiger partial charge in [0, 0.05) is 18.0 Å². The van der Waals surface area contributed by atoms with E-state index in [0.29, 0.717) is 21.3 Å². The molecule has 0 N–H and O–H groups in total. The largest absolute Gasteiger partial charge is 0.573 e. The molecule has 0 fully saturated rings. The second-order valence-electron chi connectivity index (χ2n) is 7.70. The zero-order valence-corrected chi connectivity index (χ0v) is 20.1. The Labute approximate surface area is 209 Å². The first-order chi connectivity index (χ1) is 17.6. The van der Waals surface area contributed by atoms with E-state index in [1.807, 2.05) is 0 Å². The second-order valence-corrected chi connectivity index (χ2v) is 9.95. The second kappa shape index (κ2) is 9.34. The molecule has 0 aliphatic carbocycles. The lowest BCUT2D eigenvalue weighted by molar-refractivity contribution is -0.275. The molecule has 0 saturated carbocycles. The normalized spacial score (nSPS) is 12.6. The van der Waals surface area contributed by atoms with Gasteiger partial charge in [-0.05, 0) is 35.9 Å². The lowest BCUT2D eigenvalue weighted by Gasteiger charge is -2.14. The lowest BCUT2D eigenvalue weighted by atomic mass is 10.1. The van der Waals surface area contributed by atoms with Crippen molar-refractivity contribution in [2.45, 2.75) is 24.4 Å². The van der Waals surface area contributed by atoms with Crippen LogP contribution in [0.4, 0.5) is 26.3 Å². The lowest BCUT2D eigenvalue weighted by Crippen LogP contribution is -2.23. The van der Waals surface area contributed by atoms with Crippen LogP contribution in [0.2, 0.25) is 0 Å². The average molecular weight is 562 g/mol. The third kappa shape index (κ3) is 5.16. The van der Waals surface area contributed by atoms with Crippen molar-refractivity contribution in [3.05, 3.63) is 64.8 Å². The first-order valence-electron chi connectivity index (χ1n) is 10.5. The van der Waals surface area contributed by atoms with Gasteiger partial charge < -0.3 is 9.47 Å². The molecular weight excluding hydrogens is 546 g/mol. The number of methoxy groups -OCH3 is 1. The summed E-state index contributed by atoms with van der Waals surface area (Å²) >= 11 is 0. The highest BCUT2D eigenvalue weighted by atomic mass is 32.2. The number of fused-ring (bicyclic) bond motifs is 1. The van der Waals surface area contributed by atoms with Crippen molar-refractivity contribution >= 4 is 15.5 Å². The van der Waals surface area contributed by atoms with Crippen molar-refractivity contribution in [3.63, 3.8) is 0 Å². The standard InChI is InChI=1S/C22H16F6N4O5S/c1-3-38(34,35)17-9-13(12-4-6-15(16(8-12)36-2)37-22(26,27)28)10-29-19(17)32-20(33)31-11-14(21(23,24)25)5-7-18(31)30-32/h4-11H,3H2,1-2H3. The number of aromatic nitrogens is 4. The molecule has 202 valence electrons. The minimum atomic E-state index is -4.98. The van der Waals surface area contributed by atoms with E-state index in [1.54, 1.807) is 0 Å². The maximum atomic E-state index is 13.1. The van der Waals surface area contributed by atoms with Crippen molar-refractivity contribution in [1.29, 1.82) is 0 Å². The zero-order valence-electron chi connectivity index (χ0n) is 19.3. The molecule has 1 aromatic carbocycles. The average Bonchev–Trinajstić information content (AvgIpc) is 3.18. The molecule has 0 aliphatic rings. The number of alkyl halides is 6. The predicted octanol–water partition coefficient (Wildman–Crippen LogP) is 4.27. The molecule has 4 aromatic rings. The van der Waals surface area contributed by atoms with Crippen molar-refractivity contribution in [2.24, 2.45) is 0 Å². The first-order valence-corrected chi connectivity index (χ1v) is 12.2. The van der Waals surface area contributed by atoms with Crippen molar-refractivity contribution in [1.82, 2.24) is 19.2 Å². The van der Waals surface area contributed by atoms with Gasteiger partial charge in [0.25, 0.3) is 0 Å². The summed E-state index contributed by atoms with van der Waals surface area (Å²) < 4.78 is 113. The highest BCUT2D eigenvalue weighted by Gasteiger charge is 2.33. The van der Waals surface area contributed by atoms with Gasteiger partial charge >= 0.3 is 18.2 Å². The molecule has 38 heavy (non-hydrogen) atoms. The van der Waals surface area contributed by atoms with E-state index in [1.165, 1.54) is 13.0 Å². The van der Waals surface area contributed by atoms with E-state index >= 15 is 0 Å². The van der Waals surface area contributed by atoms with Gasteiger partial charge in [0.1, 0.15) is 4.90 Å². The highest BCUT2D eigenvalue weighted by molar-refractivity contribution is 7.91. The summed E-state index contributed by atoms with van der Waals surface area (Å²) in [7, 11) is -2.99. The molecule has 0 unspecified atom stereocenters. The van der Waals surface area contributed by atoms with Gasteiger partial charge in [0.15, 0.2) is 32.8 Å². The molecule has 0 saturated heterocycles. The van der Waals surface area contributed by atoms with Crippen LogP contribution in [0, 0.1) is 0 Å². The summed E-state index contributed by atoms with van der Waals surface area (Å²) in [6.07, 6.45) is -8.07. The van der Waals surface area contributed by atoms with Gasteiger partial charge in [-0.25, -0.2) is 22.6 Å². The van der Waals surface area contributed by atoms with E-state index in [2.05, 4.69) is 14.8 Å². The minimum Gasteiger partial charge on any atom is -0.493 e. The monoisotopic (exact) mass is 562 g/mol. The molecule has 4 rings (SSSR count). The summed E-state index contributed by atoms with van der Waals surface area (Å²) in [5.74, 6) is -1.85. The Morgan fingerprint density at radius 2 is 1.68 bits per heavy atom. The third-order valence-corrected chi connectivity index (χ3v) is 7.05. The number of hydrogen-bond donors (Lipinski definition) is 0. The van der Waals surface area contributed by atoms with E-state index in [4.69, 9.17) is 4.74 Å². The van der Waals surface area contributed by atoms with Crippen LogP contribution in [0.1, 0.15) is 12.5 Å². The van der Waals surface area contributed by atoms with Crippen molar-refractivity contribution in [2.75, 3.05) is 12.9 Å². The SMILES string of the molecule is CCS(=O)(=O)c1cc(-c2ccc(OC(F)(F)F)c(OC)c2)cnc1-n1nc2ccc(C(F)(F)F)cn2c1=O. The molecule has 3 aromatic heterocycles. The molecule has 0 radical (unpaired) electrons. The molecule has 3 heterocycles. The Bertz CT molecular complexity index is 1690. The summed E-state index contributed by atoms with van der Waals surface area (Å²) in [6.45, 7) is 1.32. The van der Waals surface area contributed by atoms with Gasteiger partial charge in [-0.3, -0.25) is 0 Å². The van der Waals surface area contributed by atoms with E-state index in [9.17, 15) is 39.6 Å². The minimum absolute atomic E-state index is 0.119. The fraction of sp³-hybridized carbons (Fsp3) is 0.227. The molecule has 16 heteroatoms. The molecule has 0 bridgehead atoms. The maximum Gasteiger partial charge on any atom is 0.573 e. The van der Waals surface area contributed by atoms with Crippen molar-refractivity contribution < 1.29 is 44.2 Å². The maximum absolute atomic E-state index is 13.1. The number of halogens is 6. The van der Waals surface area contributed by atoms with Crippen LogP contribution in [0.15, 0.2) is 58.5 Å². The van der Waals surface area contributed by atoms with Gasteiger partial charge in [-0.15, -0.1) is 18.3 Å². The zero-order chi connectivity index (χ0) is 28.0. The van der Waals surface area contributed by atoms with Gasteiger partial charge in [-0.2, -0.15) is 17.9 Å². The fourth-order valence-corrected chi connectivity index (χ4v) is 4.51. The van der Waals surface area contributed by atoms with E-state index < -0.39 is 55.8 Å². The van der Waals surface area contributed by atoms with Crippen LogP contribution in [-0.2, 0) is 16.0 Å². The van der Waals surface area contributed by atoms with Crippen LogP contribution >= 0.6 is 0 Å². The molecule has 0 spiro atoms. The predicted molar refractivity (Wildman–Crippen MR) is 120 cm³/mol. The Balaban J connectivity index is 1.88. The number of sulfone groups is 1. The number of pyridine rings is 2. The number of ether oxygens (including phenoxy) is 2. The Morgan fingerprint density at radius 3 is 2.29 bits per heavy atom. The molecular formula is C22H16F6N4O5S. The van der Waals surface area contributed by atoms with Crippen LogP contribution in [-0.4, -0.2) is 46.8 Å². The highest BCUT2D eigenvalue weighted by Crippen LogP contribution is 2.36. The number of hydrogen-bond acceptors (Lipinski definition) is 7. The van der Waals surface area contributed by atoms with Gasteiger partial charge in [0.05, 0.1) is 18.4 Å². The first kappa shape index (κ1) is 27.0. The van der Waals surface area contributed by atoms with Crippen LogP contribution < -0.4 is 15.2 Å². The molecule has 0 aliphatic heterocycles. The Kier molecular flexibility index (Phi) is 6.63. The molecule has 0 amide bonds. The third-order valence-electron chi connectivity index (χ3n) is 5.32. The van der Waals surface area contributed by atoms with E-state index in [-0.39, 0.29) is 22.5 Å². The number of nitrogens with zero attached hydrogens (tertiary/aromatic N) is 4. The van der Waals surface area contributed by atoms with Crippen molar-refractivity contribution in [3.8, 4) is 28.4 Å². The summed E-state index contributed by atoms with van der Waals surface area (Å²) in [5.41, 5.74) is -2.11. The quantitative estimate of drug-likeness (QED) is 0.324. The molecule has 0 atom stereocenters. The van der Waals surface area contributed by atoms with Crippen LogP contribution in [0.5, 0.6) is 11.5 Å². The number of benzene rings is 1. The van der Waals surface area contributed by atoms with Crippen LogP contribution in [0.3, 0.4) is 0 Å². The van der Waals surface area contributed by atoms with E-state index in [0.717, 1.165) is 37.6 Å². The summed E-state index contributed by atoms with van der Waals surface area (Å²) in [4.78, 5) is 16.5. The topological polar surface area (TPSA) is 105 Å². The van der Waals surface area contributed by atoms with Gasteiger partial charge in [-0.1, -0.05) is 13.0 Å². The molecule has 9 nitrogen and oxygen atoms in total. The Morgan fingerprint density at radius 1 is 0.974 bits per heavy atom. The number of rotatable bonds is 6. The Hall–Kier alpha value is -4.08. The van der Waals surface area contributed by atoms with Crippen LogP contribution in [0.25, 0.3) is 22.6 Å². The fourth-order valence-electron chi connectivity index (χ4n) is 3.48. The summed E-state index contributed by atoms with van der Waals surface area (Å²) in [5, 5.41) is 3.92.